The second kappa shape index (κ2) is 4.68. The fourth-order valence-corrected chi connectivity index (χ4v) is 2.10. The summed E-state index contributed by atoms with van der Waals surface area (Å²) in [4.78, 5) is 13.1. The molecular weight excluding hydrogens is 299 g/mol. The molecule has 1 saturated heterocycles. The van der Waals surface area contributed by atoms with Crippen LogP contribution in [0.3, 0.4) is 0 Å². The molecular formula is C11H9BrF3NO. The third-order valence-electron chi connectivity index (χ3n) is 2.66. The molecule has 0 radical (unpaired) electrons. The average Bonchev–Trinajstić information content (AvgIpc) is 2.69. The second-order valence-electron chi connectivity index (χ2n) is 3.88. The monoisotopic (exact) mass is 307 g/mol. The van der Waals surface area contributed by atoms with Crippen LogP contribution in [0.5, 0.6) is 0 Å². The summed E-state index contributed by atoms with van der Waals surface area (Å²) in [5.41, 5.74) is -0.243. The van der Waals surface area contributed by atoms with Crippen LogP contribution in [0.2, 0.25) is 0 Å². The van der Waals surface area contributed by atoms with Gasteiger partial charge in [0, 0.05) is 12.6 Å². The van der Waals surface area contributed by atoms with E-state index in [1.165, 1.54) is 4.90 Å². The molecule has 1 atom stereocenters. The Morgan fingerprint density at radius 3 is 2.65 bits per heavy atom. The fourth-order valence-electron chi connectivity index (χ4n) is 1.76. The molecule has 17 heavy (non-hydrogen) atoms. The van der Waals surface area contributed by atoms with E-state index in [0.29, 0.717) is 6.07 Å². The highest BCUT2D eigenvalue weighted by Crippen LogP contribution is 2.23. The number of likely N-dealkylation sites (tertiary alicyclic amines) is 1. The van der Waals surface area contributed by atoms with Gasteiger partial charge in [0.1, 0.15) is 17.8 Å². The molecule has 92 valence electrons. The van der Waals surface area contributed by atoms with Crippen molar-refractivity contribution in [2.75, 3.05) is 13.1 Å². The van der Waals surface area contributed by atoms with E-state index in [9.17, 15) is 18.0 Å². The summed E-state index contributed by atoms with van der Waals surface area (Å²) < 4.78 is 39.4. The highest BCUT2D eigenvalue weighted by atomic mass is 79.9. The summed E-state index contributed by atoms with van der Waals surface area (Å²) in [5.74, 6) is -2.31. The lowest BCUT2D eigenvalue weighted by atomic mass is 10.2. The lowest BCUT2D eigenvalue weighted by molar-refractivity contribution is 0.0778. The van der Waals surface area contributed by atoms with Crippen LogP contribution in [0.25, 0.3) is 0 Å². The van der Waals surface area contributed by atoms with E-state index in [4.69, 9.17) is 0 Å². The van der Waals surface area contributed by atoms with Gasteiger partial charge in [-0.25, -0.2) is 13.2 Å². The SMILES string of the molecule is O=C(c1cc(Br)c(F)cc1F)N1CC[C@H](F)C1. The molecule has 2 nitrogen and oxygen atoms in total. The van der Waals surface area contributed by atoms with Gasteiger partial charge in [-0.1, -0.05) is 0 Å². The fraction of sp³-hybridized carbons (Fsp3) is 0.364. The largest absolute Gasteiger partial charge is 0.336 e. The molecule has 1 amide bonds. The molecule has 6 heteroatoms. The zero-order chi connectivity index (χ0) is 12.6. The number of alkyl halides is 1. The molecule has 1 aromatic rings. The van der Waals surface area contributed by atoms with Crippen molar-refractivity contribution in [1.82, 2.24) is 4.90 Å². The number of nitrogens with zero attached hydrogens (tertiary/aromatic N) is 1. The standard InChI is InChI=1S/C11H9BrF3NO/c12-8-3-7(9(14)4-10(8)15)11(17)16-2-1-6(13)5-16/h3-4,6H,1-2,5H2/t6-/m0/s1. The van der Waals surface area contributed by atoms with Crippen molar-refractivity contribution in [2.45, 2.75) is 12.6 Å². The molecule has 0 N–H and O–H groups in total. The normalized spacial score (nSPS) is 19.8. The minimum absolute atomic E-state index is 0.0123. The van der Waals surface area contributed by atoms with Crippen molar-refractivity contribution in [3.63, 3.8) is 0 Å². The zero-order valence-electron chi connectivity index (χ0n) is 8.72. The average molecular weight is 308 g/mol. The number of halogens is 4. The summed E-state index contributed by atoms with van der Waals surface area (Å²) in [7, 11) is 0. The van der Waals surface area contributed by atoms with Gasteiger partial charge in [-0.15, -0.1) is 0 Å². The molecule has 1 aliphatic rings. The van der Waals surface area contributed by atoms with Crippen molar-refractivity contribution in [2.24, 2.45) is 0 Å². The van der Waals surface area contributed by atoms with Crippen molar-refractivity contribution < 1.29 is 18.0 Å². The maximum Gasteiger partial charge on any atom is 0.256 e. The third-order valence-corrected chi connectivity index (χ3v) is 3.27. The molecule has 0 unspecified atom stereocenters. The van der Waals surface area contributed by atoms with E-state index in [1.807, 2.05) is 0 Å². The number of rotatable bonds is 1. The van der Waals surface area contributed by atoms with Crippen LogP contribution in [0.1, 0.15) is 16.8 Å². The molecule has 1 aliphatic heterocycles. The number of carbonyl (C=O) groups excluding carboxylic acids is 1. The van der Waals surface area contributed by atoms with Crippen LogP contribution < -0.4 is 0 Å². The summed E-state index contributed by atoms with van der Waals surface area (Å²) in [5, 5.41) is 0. The van der Waals surface area contributed by atoms with Gasteiger partial charge in [-0.05, 0) is 28.4 Å². The van der Waals surface area contributed by atoms with Crippen molar-refractivity contribution >= 4 is 21.8 Å². The first kappa shape index (κ1) is 12.4. The van der Waals surface area contributed by atoms with Gasteiger partial charge in [0.05, 0.1) is 16.6 Å². The van der Waals surface area contributed by atoms with Crippen LogP contribution >= 0.6 is 15.9 Å². The second-order valence-corrected chi connectivity index (χ2v) is 4.74. The minimum atomic E-state index is -1.06. The summed E-state index contributed by atoms with van der Waals surface area (Å²) in [6, 6.07) is 1.72. The van der Waals surface area contributed by atoms with Crippen LogP contribution in [-0.2, 0) is 0 Å². The Labute approximate surface area is 105 Å². The Balaban J connectivity index is 2.28. The minimum Gasteiger partial charge on any atom is -0.336 e. The highest BCUT2D eigenvalue weighted by molar-refractivity contribution is 9.10. The lowest BCUT2D eigenvalue weighted by Gasteiger charge is -2.15. The number of amides is 1. The smallest absolute Gasteiger partial charge is 0.256 e. The maximum absolute atomic E-state index is 13.4. The molecule has 1 heterocycles. The first-order chi connectivity index (χ1) is 7.99. The van der Waals surface area contributed by atoms with E-state index in [-0.39, 0.29) is 29.5 Å². The first-order valence-corrected chi connectivity index (χ1v) is 5.86. The van der Waals surface area contributed by atoms with Crippen molar-refractivity contribution in [3.8, 4) is 0 Å². The van der Waals surface area contributed by atoms with E-state index in [0.717, 1.165) is 6.07 Å². The summed E-state index contributed by atoms with van der Waals surface area (Å²) in [6.45, 7) is 0.224. The predicted molar refractivity (Wildman–Crippen MR) is 59.5 cm³/mol. The number of carbonyl (C=O) groups is 1. The number of benzene rings is 1. The predicted octanol–water partition coefficient (Wildman–Crippen LogP) is 2.91. The van der Waals surface area contributed by atoms with Crippen molar-refractivity contribution in [1.29, 1.82) is 0 Å². The molecule has 0 aromatic heterocycles. The lowest BCUT2D eigenvalue weighted by Crippen LogP contribution is -2.29. The topological polar surface area (TPSA) is 20.3 Å². The van der Waals surface area contributed by atoms with Crippen LogP contribution in [0.4, 0.5) is 13.2 Å². The van der Waals surface area contributed by atoms with Gasteiger partial charge < -0.3 is 4.90 Å². The van der Waals surface area contributed by atoms with E-state index >= 15 is 0 Å². The summed E-state index contributed by atoms with van der Waals surface area (Å²) >= 11 is 2.88. The molecule has 1 fully saturated rings. The van der Waals surface area contributed by atoms with Gasteiger partial charge in [0.15, 0.2) is 0 Å². The van der Waals surface area contributed by atoms with Gasteiger partial charge in [0.2, 0.25) is 0 Å². The Hall–Kier alpha value is -1.04. The first-order valence-electron chi connectivity index (χ1n) is 5.07. The molecule has 0 spiro atoms. The zero-order valence-corrected chi connectivity index (χ0v) is 10.3. The van der Waals surface area contributed by atoms with E-state index in [2.05, 4.69) is 15.9 Å². The van der Waals surface area contributed by atoms with Gasteiger partial charge in [0.25, 0.3) is 5.91 Å². The van der Waals surface area contributed by atoms with Crippen LogP contribution in [0.15, 0.2) is 16.6 Å². The summed E-state index contributed by atoms with van der Waals surface area (Å²) in [6.07, 6.45) is -0.804. The highest BCUT2D eigenvalue weighted by Gasteiger charge is 2.28. The van der Waals surface area contributed by atoms with Crippen molar-refractivity contribution in [3.05, 3.63) is 33.8 Å². The Bertz CT molecular complexity index is 466. The Morgan fingerprint density at radius 1 is 1.35 bits per heavy atom. The van der Waals surface area contributed by atoms with Crippen LogP contribution in [-0.4, -0.2) is 30.1 Å². The molecule has 0 saturated carbocycles. The van der Waals surface area contributed by atoms with E-state index < -0.39 is 23.7 Å². The van der Waals surface area contributed by atoms with Crippen LogP contribution in [0, 0.1) is 11.6 Å². The van der Waals surface area contributed by atoms with Gasteiger partial charge in [-0.3, -0.25) is 4.79 Å². The Kier molecular flexibility index (Phi) is 3.42. The van der Waals surface area contributed by atoms with E-state index in [1.54, 1.807) is 0 Å². The Morgan fingerprint density at radius 2 is 2.06 bits per heavy atom. The third kappa shape index (κ3) is 2.46. The molecule has 0 bridgehead atoms. The molecule has 1 aromatic carbocycles. The molecule has 2 rings (SSSR count). The van der Waals surface area contributed by atoms with Gasteiger partial charge >= 0.3 is 0 Å². The maximum atomic E-state index is 13.4. The molecule has 0 aliphatic carbocycles. The number of hydrogen-bond donors (Lipinski definition) is 0. The quantitative estimate of drug-likeness (QED) is 0.731. The van der Waals surface area contributed by atoms with Gasteiger partial charge in [-0.2, -0.15) is 0 Å². The number of hydrogen-bond acceptors (Lipinski definition) is 1.